The lowest BCUT2D eigenvalue weighted by Gasteiger charge is -2.10. The Bertz CT molecular complexity index is 940. The highest BCUT2D eigenvalue weighted by Crippen LogP contribution is 2.28. The monoisotopic (exact) mass is 373 g/mol. The van der Waals surface area contributed by atoms with E-state index in [1.54, 1.807) is 29.5 Å². The molecule has 0 radical (unpaired) electrons. The Kier molecular flexibility index (Phi) is 5.30. The molecule has 8 heteroatoms. The molecule has 128 valence electrons. The van der Waals surface area contributed by atoms with Crippen molar-refractivity contribution in [2.45, 2.75) is 11.9 Å². The molecule has 6 nitrogen and oxygen atoms in total. The Morgan fingerprint density at radius 2 is 2.12 bits per heavy atom. The van der Waals surface area contributed by atoms with E-state index in [4.69, 9.17) is 4.74 Å². The van der Waals surface area contributed by atoms with Crippen LogP contribution in [0.2, 0.25) is 0 Å². The molecule has 1 amide bonds. The van der Waals surface area contributed by atoms with E-state index < -0.39 is 5.97 Å². The SMILES string of the molecule is COC(=O)c1ccc(C)c(NC(=O)CSc2ncnc3ccsc23)c1. The van der Waals surface area contributed by atoms with Crippen LogP contribution in [-0.4, -0.2) is 34.7 Å². The number of benzene rings is 1. The topological polar surface area (TPSA) is 81.2 Å². The molecule has 0 saturated heterocycles. The van der Waals surface area contributed by atoms with E-state index in [1.165, 1.54) is 25.2 Å². The minimum Gasteiger partial charge on any atom is -0.465 e. The van der Waals surface area contributed by atoms with Crippen LogP contribution in [-0.2, 0) is 9.53 Å². The van der Waals surface area contributed by atoms with Crippen molar-refractivity contribution in [2.24, 2.45) is 0 Å². The minimum absolute atomic E-state index is 0.168. The third-order valence-corrected chi connectivity index (χ3v) is 5.51. The third kappa shape index (κ3) is 3.97. The lowest BCUT2D eigenvalue weighted by Crippen LogP contribution is -2.15. The van der Waals surface area contributed by atoms with Gasteiger partial charge >= 0.3 is 5.97 Å². The number of aryl methyl sites for hydroxylation is 1. The number of amides is 1. The number of hydrogen-bond donors (Lipinski definition) is 1. The number of anilines is 1. The molecule has 0 spiro atoms. The molecular weight excluding hydrogens is 358 g/mol. The second-order valence-electron chi connectivity index (χ2n) is 5.17. The number of carbonyl (C=O) groups excluding carboxylic acids is 2. The second-order valence-corrected chi connectivity index (χ2v) is 7.05. The lowest BCUT2D eigenvalue weighted by atomic mass is 10.1. The van der Waals surface area contributed by atoms with Crippen molar-refractivity contribution in [3.05, 3.63) is 47.1 Å². The maximum Gasteiger partial charge on any atom is 0.337 e. The van der Waals surface area contributed by atoms with Gasteiger partial charge in [0.05, 0.1) is 28.6 Å². The van der Waals surface area contributed by atoms with Gasteiger partial charge in [0.1, 0.15) is 11.4 Å². The Balaban J connectivity index is 1.68. The van der Waals surface area contributed by atoms with Crippen LogP contribution in [0.25, 0.3) is 10.2 Å². The quantitative estimate of drug-likeness (QED) is 0.419. The minimum atomic E-state index is -0.439. The Morgan fingerprint density at radius 1 is 1.28 bits per heavy atom. The highest BCUT2D eigenvalue weighted by Gasteiger charge is 2.12. The third-order valence-electron chi connectivity index (χ3n) is 3.48. The van der Waals surface area contributed by atoms with Crippen LogP contribution in [0.3, 0.4) is 0 Å². The van der Waals surface area contributed by atoms with Crippen LogP contribution in [0.5, 0.6) is 0 Å². The molecule has 3 aromatic rings. The molecule has 0 saturated carbocycles. The average Bonchev–Trinajstić information content (AvgIpc) is 3.10. The summed E-state index contributed by atoms with van der Waals surface area (Å²) in [5, 5.41) is 5.57. The number of ether oxygens (including phenoxy) is 1. The summed E-state index contributed by atoms with van der Waals surface area (Å²) < 4.78 is 5.68. The number of thioether (sulfide) groups is 1. The zero-order chi connectivity index (χ0) is 17.8. The standard InChI is InChI=1S/C17H15N3O3S2/c1-10-3-4-11(17(22)23-2)7-13(10)20-14(21)8-25-16-15-12(5-6-24-15)18-9-19-16/h3-7,9H,8H2,1-2H3,(H,20,21). The van der Waals surface area contributed by atoms with Crippen molar-refractivity contribution in [3.8, 4) is 0 Å². The van der Waals surface area contributed by atoms with Gasteiger partial charge in [0, 0.05) is 5.69 Å². The van der Waals surface area contributed by atoms with Crippen molar-refractivity contribution < 1.29 is 14.3 Å². The molecule has 0 aliphatic rings. The Morgan fingerprint density at radius 3 is 2.92 bits per heavy atom. The van der Waals surface area contributed by atoms with Crippen LogP contribution in [0.1, 0.15) is 15.9 Å². The van der Waals surface area contributed by atoms with Crippen molar-refractivity contribution in [1.29, 1.82) is 0 Å². The first-order chi connectivity index (χ1) is 12.1. The van der Waals surface area contributed by atoms with Crippen LogP contribution >= 0.6 is 23.1 Å². The summed E-state index contributed by atoms with van der Waals surface area (Å²) in [6.45, 7) is 1.86. The van der Waals surface area contributed by atoms with Crippen molar-refractivity contribution in [2.75, 3.05) is 18.2 Å². The molecule has 0 bridgehead atoms. The summed E-state index contributed by atoms with van der Waals surface area (Å²) in [7, 11) is 1.32. The summed E-state index contributed by atoms with van der Waals surface area (Å²) in [6, 6.07) is 6.98. The number of nitrogens with one attached hydrogen (secondary N) is 1. The first kappa shape index (κ1) is 17.4. The molecule has 2 aromatic heterocycles. The van der Waals surface area contributed by atoms with E-state index in [-0.39, 0.29) is 11.7 Å². The Labute approximate surface area is 152 Å². The molecular formula is C17H15N3O3S2. The maximum atomic E-state index is 12.3. The average molecular weight is 373 g/mol. The zero-order valence-electron chi connectivity index (χ0n) is 13.6. The number of thiophene rings is 1. The van der Waals surface area contributed by atoms with Gasteiger partial charge in [0.15, 0.2) is 0 Å². The molecule has 2 heterocycles. The first-order valence-corrected chi connectivity index (χ1v) is 9.25. The van der Waals surface area contributed by atoms with Crippen molar-refractivity contribution >= 4 is 50.9 Å². The van der Waals surface area contributed by atoms with Gasteiger partial charge in [-0.25, -0.2) is 14.8 Å². The fraction of sp³-hybridized carbons (Fsp3) is 0.176. The summed E-state index contributed by atoms with van der Waals surface area (Å²) in [5.74, 6) is -0.393. The van der Waals surface area contributed by atoms with E-state index in [9.17, 15) is 9.59 Å². The van der Waals surface area contributed by atoms with E-state index >= 15 is 0 Å². The van der Waals surface area contributed by atoms with Gasteiger partial charge in [-0.05, 0) is 36.1 Å². The second kappa shape index (κ2) is 7.62. The molecule has 0 fully saturated rings. The van der Waals surface area contributed by atoms with Crippen LogP contribution in [0.15, 0.2) is 41.0 Å². The largest absolute Gasteiger partial charge is 0.465 e. The van der Waals surface area contributed by atoms with Crippen molar-refractivity contribution in [1.82, 2.24) is 9.97 Å². The summed E-state index contributed by atoms with van der Waals surface area (Å²) >= 11 is 2.91. The fourth-order valence-electron chi connectivity index (χ4n) is 2.19. The van der Waals surface area contributed by atoms with Gasteiger partial charge in [-0.15, -0.1) is 11.3 Å². The molecule has 3 rings (SSSR count). The van der Waals surface area contributed by atoms with Crippen molar-refractivity contribution in [3.63, 3.8) is 0 Å². The van der Waals surface area contributed by atoms with Gasteiger partial charge in [0.25, 0.3) is 0 Å². The number of aromatic nitrogens is 2. The Hall–Kier alpha value is -2.45. The predicted octanol–water partition coefficient (Wildman–Crippen LogP) is 3.52. The van der Waals surface area contributed by atoms with Gasteiger partial charge < -0.3 is 10.1 Å². The number of rotatable bonds is 5. The van der Waals surface area contributed by atoms with E-state index in [0.717, 1.165) is 20.8 Å². The summed E-state index contributed by atoms with van der Waals surface area (Å²) in [4.78, 5) is 32.3. The highest BCUT2D eigenvalue weighted by molar-refractivity contribution is 8.00. The first-order valence-electron chi connectivity index (χ1n) is 7.38. The number of nitrogens with zero attached hydrogens (tertiary/aromatic N) is 2. The fourth-order valence-corrected chi connectivity index (χ4v) is 3.94. The molecule has 25 heavy (non-hydrogen) atoms. The van der Waals surface area contributed by atoms with E-state index in [0.29, 0.717) is 11.3 Å². The molecule has 1 aromatic carbocycles. The predicted molar refractivity (Wildman–Crippen MR) is 99.3 cm³/mol. The van der Waals surface area contributed by atoms with Crippen LogP contribution < -0.4 is 5.32 Å². The molecule has 1 N–H and O–H groups in total. The van der Waals surface area contributed by atoms with Gasteiger partial charge in [-0.1, -0.05) is 17.8 Å². The van der Waals surface area contributed by atoms with Gasteiger partial charge in [-0.3, -0.25) is 4.79 Å². The van der Waals surface area contributed by atoms with Gasteiger partial charge in [-0.2, -0.15) is 0 Å². The van der Waals surface area contributed by atoms with Crippen LogP contribution in [0, 0.1) is 6.92 Å². The lowest BCUT2D eigenvalue weighted by molar-refractivity contribution is -0.113. The van der Waals surface area contributed by atoms with Gasteiger partial charge in [0.2, 0.25) is 5.91 Å². The van der Waals surface area contributed by atoms with Crippen LogP contribution in [0.4, 0.5) is 5.69 Å². The number of carbonyl (C=O) groups is 2. The zero-order valence-corrected chi connectivity index (χ0v) is 15.2. The summed E-state index contributed by atoms with van der Waals surface area (Å²) in [5.41, 5.74) is 2.74. The summed E-state index contributed by atoms with van der Waals surface area (Å²) in [6.07, 6.45) is 1.50. The normalized spacial score (nSPS) is 10.6. The number of methoxy groups -OCH3 is 1. The molecule has 0 aliphatic carbocycles. The molecule has 0 unspecified atom stereocenters. The molecule has 0 aliphatic heterocycles. The maximum absolute atomic E-state index is 12.3. The highest BCUT2D eigenvalue weighted by atomic mass is 32.2. The van der Waals surface area contributed by atoms with E-state index in [1.807, 2.05) is 18.4 Å². The van der Waals surface area contributed by atoms with E-state index in [2.05, 4.69) is 15.3 Å². The number of hydrogen-bond acceptors (Lipinski definition) is 7. The smallest absolute Gasteiger partial charge is 0.337 e. The molecule has 0 atom stereocenters. The number of esters is 1. The number of fused-ring (bicyclic) bond motifs is 1.